The van der Waals surface area contributed by atoms with Gasteiger partial charge in [-0.3, -0.25) is 4.79 Å². The fourth-order valence-electron chi connectivity index (χ4n) is 1.13. The molecule has 11 heavy (non-hydrogen) atoms. The Balaban J connectivity index is 0.000001000. The molecule has 4 heteroatoms. The molecule has 3 nitrogen and oxygen atoms in total. The van der Waals surface area contributed by atoms with Crippen LogP contribution in [0.5, 0.6) is 0 Å². The van der Waals surface area contributed by atoms with Gasteiger partial charge in [0.1, 0.15) is 6.04 Å². The van der Waals surface area contributed by atoms with Crippen molar-refractivity contribution in [3.63, 3.8) is 0 Å². The van der Waals surface area contributed by atoms with E-state index in [9.17, 15) is 4.79 Å². The maximum Gasteiger partial charge on any atom is 0.323 e. The van der Waals surface area contributed by atoms with E-state index in [4.69, 9.17) is 4.74 Å². The van der Waals surface area contributed by atoms with Gasteiger partial charge in [0.15, 0.2) is 0 Å². The fourth-order valence-corrected chi connectivity index (χ4v) is 1.13. The third kappa shape index (κ3) is 3.08. The highest BCUT2D eigenvalue weighted by Crippen LogP contribution is 2.05. The molecule has 0 amide bonds. The molecule has 0 aromatic rings. The SMILES string of the molecule is CCOC(=O)[C@H]1CCCN1.Cl. The molecule has 0 aliphatic carbocycles. The van der Waals surface area contributed by atoms with Gasteiger partial charge in [0.2, 0.25) is 0 Å². The average molecular weight is 180 g/mol. The first kappa shape index (κ1) is 10.7. The van der Waals surface area contributed by atoms with E-state index < -0.39 is 0 Å². The molecule has 0 unspecified atom stereocenters. The molecule has 1 rings (SSSR count). The van der Waals surface area contributed by atoms with E-state index >= 15 is 0 Å². The van der Waals surface area contributed by atoms with E-state index in [0.717, 1.165) is 19.4 Å². The van der Waals surface area contributed by atoms with E-state index in [0.29, 0.717) is 6.61 Å². The third-order valence-electron chi connectivity index (χ3n) is 1.63. The van der Waals surface area contributed by atoms with Crippen LogP contribution in [0.2, 0.25) is 0 Å². The van der Waals surface area contributed by atoms with Gasteiger partial charge in [-0.2, -0.15) is 0 Å². The minimum atomic E-state index is -0.0972. The number of halogens is 1. The van der Waals surface area contributed by atoms with Crippen molar-refractivity contribution in [3.8, 4) is 0 Å². The van der Waals surface area contributed by atoms with Gasteiger partial charge < -0.3 is 10.1 Å². The number of nitrogens with one attached hydrogen (secondary N) is 1. The monoisotopic (exact) mass is 179 g/mol. The highest BCUT2D eigenvalue weighted by atomic mass is 35.5. The van der Waals surface area contributed by atoms with Gasteiger partial charge in [0, 0.05) is 0 Å². The smallest absolute Gasteiger partial charge is 0.323 e. The standard InChI is InChI=1S/C7H13NO2.ClH/c1-2-10-7(9)6-4-3-5-8-6;/h6,8H,2-5H2,1H3;1H/t6-;/m1./s1. The summed E-state index contributed by atoms with van der Waals surface area (Å²) in [6, 6.07) is -0.0278. The van der Waals surface area contributed by atoms with Crippen LogP contribution >= 0.6 is 12.4 Å². The maximum absolute atomic E-state index is 11.0. The minimum Gasteiger partial charge on any atom is -0.465 e. The van der Waals surface area contributed by atoms with Gasteiger partial charge in [0.25, 0.3) is 0 Å². The van der Waals surface area contributed by atoms with Crippen LogP contribution in [0.25, 0.3) is 0 Å². The fraction of sp³-hybridized carbons (Fsp3) is 0.857. The average Bonchev–Trinajstić information content (AvgIpc) is 2.38. The Morgan fingerprint density at radius 2 is 2.45 bits per heavy atom. The molecule has 1 aliphatic heterocycles. The molecule has 0 aromatic heterocycles. The first-order valence-corrected chi connectivity index (χ1v) is 3.74. The number of ether oxygens (including phenoxy) is 1. The van der Waals surface area contributed by atoms with Gasteiger partial charge in [-0.1, -0.05) is 0 Å². The van der Waals surface area contributed by atoms with E-state index in [-0.39, 0.29) is 24.4 Å². The van der Waals surface area contributed by atoms with Crippen LogP contribution in [0, 0.1) is 0 Å². The third-order valence-corrected chi connectivity index (χ3v) is 1.63. The van der Waals surface area contributed by atoms with Gasteiger partial charge >= 0.3 is 5.97 Å². The maximum atomic E-state index is 11.0. The van der Waals surface area contributed by atoms with Crippen molar-refractivity contribution in [2.24, 2.45) is 0 Å². The minimum absolute atomic E-state index is 0. The predicted molar refractivity (Wildman–Crippen MR) is 44.9 cm³/mol. The lowest BCUT2D eigenvalue weighted by molar-refractivity contribution is -0.145. The van der Waals surface area contributed by atoms with Gasteiger partial charge in [-0.15, -0.1) is 12.4 Å². The second-order valence-corrected chi connectivity index (χ2v) is 2.40. The van der Waals surface area contributed by atoms with E-state index in [1.165, 1.54) is 0 Å². The lowest BCUT2D eigenvalue weighted by Crippen LogP contribution is -2.32. The second-order valence-electron chi connectivity index (χ2n) is 2.40. The van der Waals surface area contributed by atoms with Crippen molar-refractivity contribution in [2.75, 3.05) is 13.2 Å². The highest BCUT2D eigenvalue weighted by Gasteiger charge is 2.22. The number of carbonyl (C=O) groups excluding carboxylic acids is 1. The Bertz CT molecular complexity index is 124. The zero-order valence-corrected chi connectivity index (χ0v) is 7.45. The summed E-state index contributed by atoms with van der Waals surface area (Å²) in [7, 11) is 0. The van der Waals surface area contributed by atoms with Gasteiger partial charge in [0.05, 0.1) is 6.61 Å². The van der Waals surface area contributed by atoms with Crippen molar-refractivity contribution in [1.29, 1.82) is 0 Å². The van der Waals surface area contributed by atoms with Crippen molar-refractivity contribution >= 4 is 18.4 Å². The first-order chi connectivity index (χ1) is 4.84. The van der Waals surface area contributed by atoms with Crippen LogP contribution in [0.15, 0.2) is 0 Å². The first-order valence-electron chi connectivity index (χ1n) is 3.74. The van der Waals surface area contributed by atoms with Crippen LogP contribution in [0.4, 0.5) is 0 Å². The summed E-state index contributed by atoms with van der Waals surface area (Å²) in [6.45, 7) is 3.26. The summed E-state index contributed by atoms with van der Waals surface area (Å²) in [5.74, 6) is -0.0972. The normalized spacial score (nSPS) is 22.5. The molecular weight excluding hydrogens is 166 g/mol. The summed E-state index contributed by atoms with van der Waals surface area (Å²) >= 11 is 0. The summed E-state index contributed by atoms with van der Waals surface area (Å²) in [6.07, 6.45) is 2.02. The van der Waals surface area contributed by atoms with Crippen LogP contribution in [-0.4, -0.2) is 25.2 Å². The van der Waals surface area contributed by atoms with Crippen molar-refractivity contribution in [3.05, 3.63) is 0 Å². The molecule has 1 saturated heterocycles. The number of rotatable bonds is 2. The Kier molecular flexibility index (Phi) is 5.24. The molecule has 1 atom stereocenters. The number of carbonyl (C=O) groups is 1. The molecule has 0 radical (unpaired) electrons. The summed E-state index contributed by atoms with van der Waals surface area (Å²) in [5.41, 5.74) is 0. The molecule has 0 bridgehead atoms. The van der Waals surface area contributed by atoms with Crippen LogP contribution < -0.4 is 5.32 Å². The van der Waals surface area contributed by atoms with Gasteiger partial charge in [-0.25, -0.2) is 0 Å². The topological polar surface area (TPSA) is 38.3 Å². The van der Waals surface area contributed by atoms with Crippen molar-refractivity contribution < 1.29 is 9.53 Å². The zero-order chi connectivity index (χ0) is 7.40. The largest absolute Gasteiger partial charge is 0.465 e. The quantitative estimate of drug-likeness (QED) is 0.635. The highest BCUT2D eigenvalue weighted by molar-refractivity contribution is 5.85. The molecule has 1 N–H and O–H groups in total. The van der Waals surface area contributed by atoms with Crippen molar-refractivity contribution in [2.45, 2.75) is 25.8 Å². The number of hydrogen-bond acceptors (Lipinski definition) is 3. The molecule has 66 valence electrons. The van der Waals surface area contributed by atoms with E-state index in [1.807, 2.05) is 6.92 Å². The van der Waals surface area contributed by atoms with Crippen LogP contribution in [-0.2, 0) is 9.53 Å². The number of esters is 1. The molecule has 0 aromatic carbocycles. The lowest BCUT2D eigenvalue weighted by atomic mass is 10.2. The molecule has 1 fully saturated rings. The molecule has 1 heterocycles. The summed E-state index contributed by atoms with van der Waals surface area (Å²) in [5, 5.41) is 3.07. The van der Waals surface area contributed by atoms with Gasteiger partial charge in [-0.05, 0) is 26.3 Å². The van der Waals surface area contributed by atoms with Crippen LogP contribution in [0.1, 0.15) is 19.8 Å². The summed E-state index contributed by atoms with van der Waals surface area (Å²) < 4.78 is 4.82. The second kappa shape index (κ2) is 5.38. The molecule has 1 aliphatic rings. The Morgan fingerprint density at radius 3 is 2.91 bits per heavy atom. The summed E-state index contributed by atoms with van der Waals surface area (Å²) in [4.78, 5) is 11.0. The van der Waals surface area contributed by atoms with E-state index in [2.05, 4.69) is 5.32 Å². The predicted octanol–water partition coefficient (Wildman–Crippen LogP) is 0.723. The Morgan fingerprint density at radius 1 is 1.73 bits per heavy atom. The molecule has 0 spiro atoms. The zero-order valence-electron chi connectivity index (χ0n) is 6.63. The molecule has 0 saturated carbocycles. The van der Waals surface area contributed by atoms with Crippen LogP contribution in [0.3, 0.4) is 0 Å². The van der Waals surface area contributed by atoms with Crippen molar-refractivity contribution in [1.82, 2.24) is 5.32 Å². The molecular formula is C7H14ClNO2. The van der Waals surface area contributed by atoms with E-state index in [1.54, 1.807) is 0 Å². The Hall–Kier alpha value is -0.280. The lowest BCUT2D eigenvalue weighted by Gasteiger charge is -2.07. The Labute approximate surface area is 72.9 Å². The number of hydrogen-bond donors (Lipinski definition) is 1.